The van der Waals surface area contributed by atoms with Gasteiger partial charge in [-0.2, -0.15) is 5.10 Å². The second-order valence-electron chi connectivity index (χ2n) is 6.02. The van der Waals surface area contributed by atoms with Crippen molar-refractivity contribution >= 4 is 5.97 Å². The largest absolute Gasteiger partial charge is 0.480 e. The van der Waals surface area contributed by atoms with Gasteiger partial charge in [0.05, 0.1) is 11.4 Å². The second-order valence-corrected chi connectivity index (χ2v) is 6.02. The Morgan fingerprint density at radius 2 is 1.96 bits per heavy atom. The first-order valence-corrected chi connectivity index (χ1v) is 7.99. The van der Waals surface area contributed by atoms with Crippen molar-refractivity contribution in [2.45, 2.75) is 19.5 Å². The number of carbonyl (C=O) groups is 1. The number of nitrogens with one attached hydrogen (secondary N) is 1. The summed E-state index contributed by atoms with van der Waals surface area (Å²) in [5.74, 6) is -0.884. The molecule has 128 valence electrons. The molecule has 6 nitrogen and oxygen atoms in total. The van der Waals surface area contributed by atoms with E-state index in [9.17, 15) is 9.90 Å². The molecule has 0 bridgehead atoms. The average Bonchev–Trinajstić information content (AvgIpc) is 3.12. The maximum Gasteiger partial charge on any atom is 0.325 e. The molecule has 2 N–H and O–H groups in total. The van der Waals surface area contributed by atoms with E-state index >= 15 is 0 Å². The number of pyridine rings is 1. The Morgan fingerprint density at radius 3 is 2.56 bits per heavy atom. The number of carboxylic acids is 1. The van der Waals surface area contributed by atoms with Crippen molar-refractivity contribution in [1.29, 1.82) is 0 Å². The Labute approximate surface area is 146 Å². The van der Waals surface area contributed by atoms with E-state index in [-0.39, 0.29) is 0 Å². The number of likely N-dealkylation sites (N-methyl/N-ethyl adjacent to an activating group) is 1. The quantitative estimate of drug-likeness (QED) is 0.723. The summed E-state index contributed by atoms with van der Waals surface area (Å²) >= 11 is 0. The van der Waals surface area contributed by atoms with Gasteiger partial charge in [-0.15, -0.1) is 0 Å². The SMILES string of the molecule is Cc1cccnc1CN(C)C(C(=O)O)c1ccc(-c2ccn[nH]2)cc1. The van der Waals surface area contributed by atoms with Gasteiger partial charge in [-0.05, 0) is 42.8 Å². The molecule has 6 heteroatoms. The maximum atomic E-state index is 11.9. The van der Waals surface area contributed by atoms with E-state index < -0.39 is 12.0 Å². The summed E-state index contributed by atoms with van der Waals surface area (Å²) in [6.07, 6.45) is 3.41. The number of hydrogen-bond donors (Lipinski definition) is 2. The van der Waals surface area contributed by atoms with Crippen LogP contribution in [-0.4, -0.2) is 38.2 Å². The molecule has 0 saturated heterocycles. The summed E-state index contributed by atoms with van der Waals surface area (Å²) in [4.78, 5) is 18.0. The maximum absolute atomic E-state index is 11.9. The smallest absolute Gasteiger partial charge is 0.325 e. The van der Waals surface area contributed by atoms with E-state index in [4.69, 9.17) is 0 Å². The fourth-order valence-electron chi connectivity index (χ4n) is 2.86. The standard InChI is InChI=1S/C19H20N4O2/c1-13-4-3-10-20-17(13)12-23(2)18(19(24)25)15-7-5-14(6-8-15)16-9-11-21-22-16/h3-11,18H,12H2,1-2H3,(H,21,22)(H,24,25). The number of benzene rings is 1. The number of hydrogen-bond acceptors (Lipinski definition) is 4. The van der Waals surface area contributed by atoms with Gasteiger partial charge < -0.3 is 5.11 Å². The zero-order valence-corrected chi connectivity index (χ0v) is 14.2. The van der Waals surface area contributed by atoms with Gasteiger partial charge in [0, 0.05) is 18.9 Å². The number of carboxylic acid groups (broad SMARTS) is 1. The van der Waals surface area contributed by atoms with Gasteiger partial charge in [-0.1, -0.05) is 30.3 Å². The van der Waals surface area contributed by atoms with Crippen molar-refractivity contribution in [1.82, 2.24) is 20.1 Å². The molecule has 1 aromatic carbocycles. The molecule has 1 atom stereocenters. The van der Waals surface area contributed by atoms with E-state index in [1.54, 1.807) is 24.3 Å². The lowest BCUT2D eigenvalue weighted by atomic mass is 10.0. The molecule has 25 heavy (non-hydrogen) atoms. The minimum atomic E-state index is -0.884. The molecular formula is C19H20N4O2. The first kappa shape index (κ1) is 16.9. The molecule has 0 amide bonds. The Balaban J connectivity index is 1.83. The van der Waals surface area contributed by atoms with Gasteiger partial charge in [-0.3, -0.25) is 19.8 Å². The van der Waals surface area contributed by atoms with Crippen LogP contribution in [0.2, 0.25) is 0 Å². The molecule has 3 aromatic rings. The third-order valence-corrected chi connectivity index (χ3v) is 4.23. The third-order valence-electron chi connectivity index (χ3n) is 4.23. The Bertz CT molecular complexity index is 844. The van der Waals surface area contributed by atoms with E-state index in [2.05, 4.69) is 15.2 Å². The lowest BCUT2D eigenvalue weighted by Crippen LogP contribution is -2.31. The van der Waals surface area contributed by atoms with E-state index in [0.717, 1.165) is 28.1 Å². The molecule has 0 radical (unpaired) electrons. The van der Waals surface area contributed by atoms with Crippen LogP contribution in [0.4, 0.5) is 0 Å². The Hall–Kier alpha value is -2.99. The van der Waals surface area contributed by atoms with Crippen molar-refractivity contribution in [2.24, 2.45) is 0 Å². The first-order valence-electron chi connectivity index (χ1n) is 7.99. The zero-order valence-electron chi connectivity index (χ0n) is 14.2. The van der Waals surface area contributed by atoms with Crippen molar-refractivity contribution in [2.75, 3.05) is 7.05 Å². The lowest BCUT2D eigenvalue weighted by Gasteiger charge is -2.25. The molecule has 3 rings (SSSR count). The highest BCUT2D eigenvalue weighted by Gasteiger charge is 2.25. The normalized spacial score (nSPS) is 12.3. The van der Waals surface area contributed by atoms with Crippen molar-refractivity contribution < 1.29 is 9.90 Å². The van der Waals surface area contributed by atoms with Crippen molar-refractivity contribution in [3.8, 4) is 11.3 Å². The van der Waals surface area contributed by atoms with Crippen LogP contribution in [0.5, 0.6) is 0 Å². The fraction of sp³-hybridized carbons (Fsp3) is 0.211. The Morgan fingerprint density at radius 1 is 1.20 bits per heavy atom. The van der Waals surface area contributed by atoms with Gasteiger partial charge in [0.25, 0.3) is 0 Å². The summed E-state index contributed by atoms with van der Waals surface area (Å²) in [6, 6.07) is 12.5. The van der Waals surface area contributed by atoms with Crippen LogP contribution in [0, 0.1) is 6.92 Å². The van der Waals surface area contributed by atoms with Crippen LogP contribution >= 0.6 is 0 Å². The molecular weight excluding hydrogens is 316 g/mol. The molecule has 1 unspecified atom stereocenters. The summed E-state index contributed by atoms with van der Waals surface area (Å²) in [5, 5.41) is 16.6. The molecule has 0 spiro atoms. The van der Waals surface area contributed by atoms with Crippen molar-refractivity contribution in [3.63, 3.8) is 0 Å². The number of H-pyrrole nitrogens is 1. The lowest BCUT2D eigenvalue weighted by molar-refractivity contribution is -0.143. The van der Waals surface area contributed by atoms with Crippen LogP contribution < -0.4 is 0 Å². The fourth-order valence-corrected chi connectivity index (χ4v) is 2.86. The highest BCUT2D eigenvalue weighted by Crippen LogP contribution is 2.25. The van der Waals surface area contributed by atoms with Crippen LogP contribution in [0.3, 0.4) is 0 Å². The Kier molecular flexibility index (Phi) is 4.90. The van der Waals surface area contributed by atoms with Crippen LogP contribution in [0.25, 0.3) is 11.3 Å². The summed E-state index contributed by atoms with van der Waals surface area (Å²) < 4.78 is 0. The third kappa shape index (κ3) is 3.75. The average molecular weight is 336 g/mol. The number of nitrogens with zero attached hydrogens (tertiary/aromatic N) is 3. The highest BCUT2D eigenvalue weighted by molar-refractivity contribution is 5.76. The monoisotopic (exact) mass is 336 g/mol. The van der Waals surface area contributed by atoms with Gasteiger partial charge in [0.1, 0.15) is 6.04 Å². The minimum absolute atomic E-state index is 0.464. The van der Waals surface area contributed by atoms with E-state index in [1.165, 1.54) is 0 Å². The highest BCUT2D eigenvalue weighted by atomic mass is 16.4. The molecule has 0 fully saturated rings. The molecule has 0 aliphatic heterocycles. The molecule has 0 aliphatic rings. The second kappa shape index (κ2) is 7.27. The summed E-state index contributed by atoms with van der Waals surface area (Å²) in [6.45, 7) is 2.44. The molecule has 0 aliphatic carbocycles. The number of aliphatic carboxylic acids is 1. The molecule has 2 heterocycles. The van der Waals surface area contributed by atoms with Gasteiger partial charge >= 0.3 is 5.97 Å². The number of aromatic amines is 1. The first-order chi connectivity index (χ1) is 12.1. The zero-order chi connectivity index (χ0) is 17.8. The molecule has 0 saturated carbocycles. The molecule has 2 aromatic heterocycles. The van der Waals surface area contributed by atoms with Crippen LogP contribution in [-0.2, 0) is 11.3 Å². The van der Waals surface area contributed by atoms with Gasteiger partial charge in [-0.25, -0.2) is 0 Å². The number of aryl methyl sites for hydroxylation is 1. The summed E-state index contributed by atoms with van der Waals surface area (Å²) in [5.41, 5.74) is 4.52. The number of aromatic nitrogens is 3. The van der Waals surface area contributed by atoms with E-state index in [1.807, 2.05) is 49.4 Å². The predicted molar refractivity (Wildman–Crippen MR) is 94.8 cm³/mol. The van der Waals surface area contributed by atoms with Gasteiger partial charge in [0.2, 0.25) is 0 Å². The predicted octanol–water partition coefficient (Wildman–Crippen LogP) is 3.04. The number of rotatable bonds is 6. The minimum Gasteiger partial charge on any atom is -0.480 e. The van der Waals surface area contributed by atoms with Crippen LogP contribution in [0.15, 0.2) is 54.9 Å². The topological polar surface area (TPSA) is 82.1 Å². The van der Waals surface area contributed by atoms with Gasteiger partial charge in [0.15, 0.2) is 0 Å². The summed E-state index contributed by atoms with van der Waals surface area (Å²) in [7, 11) is 1.80. The van der Waals surface area contributed by atoms with Crippen LogP contribution in [0.1, 0.15) is 22.9 Å². The van der Waals surface area contributed by atoms with E-state index in [0.29, 0.717) is 6.54 Å². The van der Waals surface area contributed by atoms with Crippen molar-refractivity contribution in [3.05, 3.63) is 71.7 Å².